The van der Waals surface area contributed by atoms with Crippen LogP contribution in [0, 0.1) is 0 Å². The minimum absolute atomic E-state index is 0.0714. The van der Waals surface area contributed by atoms with Gasteiger partial charge in [0, 0.05) is 23.6 Å². The van der Waals surface area contributed by atoms with Crippen LogP contribution < -0.4 is 4.74 Å². The van der Waals surface area contributed by atoms with Crippen LogP contribution in [0.2, 0.25) is 0 Å². The van der Waals surface area contributed by atoms with Crippen LogP contribution in [0.1, 0.15) is 81.3 Å². The first-order valence-electron chi connectivity index (χ1n) is 11.2. The molecule has 1 N–H and O–H groups in total. The van der Waals surface area contributed by atoms with Crippen molar-refractivity contribution >= 4 is 5.97 Å². The predicted octanol–water partition coefficient (Wildman–Crippen LogP) is 6.20. The summed E-state index contributed by atoms with van der Waals surface area (Å²) in [4.78, 5) is 14.2. The van der Waals surface area contributed by atoms with Gasteiger partial charge in [-0.3, -0.25) is 4.90 Å². The first kappa shape index (κ1) is 23.9. The first-order valence-corrected chi connectivity index (χ1v) is 11.2. The van der Waals surface area contributed by atoms with Gasteiger partial charge in [-0.05, 0) is 70.8 Å². The van der Waals surface area contributed by atoms with Crippen molar-refractivity contribution in [1.29, 1.82) is 0 Å². The number of ether oxygens (including phenoxy) is 1. The van der Waals surface area contributed by atoms with Crippen LogP contribution in [-0.4, -0.2) is 41.2 Å². The van der Waals surface area contributed by atoms with Crippen molar-refractivity contribution in [2.45, 2.75) is 71.9 Å². The normalized spacial score (nSPS) is 12.5. The van der Waals surface area contributed by atoms with E-state index in [1.807, 2.05) is 24.3 Å². The Kier molecular flexibility index (Phi) is 9.38. The maximum Gasteiger partial charge on any atom is 0.335 e. The van der Waals surface area contributed by atoms with E-state index in [4.69, 9.17) is 4.74 Å². The first-order chi connectivity index (χ1) is 14.3. The lowest BCUT2D eigenvalue weighted by atomic mass is 9.86. The second-order valence-corrected chi connectivity index (χ2v) is 8.44. The molecule has 30 heavy (non-hydrogen) atoms. The van der Waals surface area contributed by atoms with Gasteiger partial charge < -0.3 is 9.84 Å². The quantitative estimate of drug-likeness (QED) is 0.422. The second-order valence-electron chi connectivity index (χ2n) is 8.44. The lowest BCUT2D eigenvalue weighted by Gasteiger charge is -2.32. The average Bonchev–Trinajstić information content (AvgIpc) is 2.71. The molecule has 4 heteroatoms. The van der Waals surface area contributed by atoms with Crippen LogP contribution in [0.25, 0.3) is 0 Å². The molecule has 0 aliphatic carbocycles. The van der Waals surface area contributed by atoms with E-state index < -0.39 is 5.97 Å². The summed E-state index contributed by atoms with van der Waals surface area (Å²) in [5.74, 6) is -0.0424. The highest BCUT2D eigenvalue weighted by Crippen LogP contribution is 2.36. The fourth-order valence-corrected chi connectivity index (χ4v) is 3.99. The van der Waals surface area contributed by atoms with Crippen molar-refractivity contribution in [3.63, 3.8) is 0 Å². The van der Waals surface area contributed by atoms with Crippen LogP contribution in [0.15, 0.2) is 48.5 Å². The molecule has 4 nitrogen and oxygen atoms in total. The van der Waals surface area contributed by atoms with Gasteiger partial charge in [-0.25, -0.2) is 4.79 Å². The average molecular weight is 412 g/mol. The number of nitrogens with zero attached hydrogens (tertiary/aromatic N) is 1. The molecule has 0 aromatic heterocycles. The standard InChI is InChI=1S/C26H37NO3/c1-6-7-17-30-25-14-13-22(26(28)29)18-24(25)23(21-11-9-8-10-12-21)15-16-27(19(2)3)20(4)5/h8-14,18-20,23H,6-7,15-17H2,1-5H3,(H,28,29)/t23-/m1/s1. The lowest BCUT2D eigenvalue weighted by Crippen LogP contribution is -2.38. The molecule has 164 valence electrons. The number of unbranched alkanes of at least 4 members (excludes halogenated alkanes) is 1. The Balaban J connectivity index is 2.45. The molecule has 0 fully saturated rings. The number of hydrogen-bond acceptors (Lipinski definition) is 3. The maximum absolute atomic E-state index is 11.7. The van der Waals surface area contributed by atoms with Crippen molar-refractivity contribution in [2.75, 3.05) is 13.2 Å². The number of hydrogen-bond donors (Lipinski definition) is 1. The Labute approximate surface area is 181 Å². The molecule has 1 atom stereocenters. The van der Waals surface area contributed by atoms with Gasteiger partial charge in [-0.2, -0.15) is 0 Å². The van der Waals surface area contributed by atoms with Crippen LogP contribution in [0.4, 0.5) is 0 Å². The fraction of sp³-hybridized carbons (Fsp3) is 0.500. The van der Waals surface area contributed by atoms with Crippen molar-refractivity contribution in [1.82, 2.24) is 4.90 Å². The molecule has 0 radical (unpaired) electrons. The number of carboxylic acids is 1. The summed E-state index contributed by atoms with van der Waals surface area (Å²) in [6.45, 7) is 12.6. The summed E-state index contributed by atoms with van der Waals surface area (Å²) < 4.78 is 6.11. The van der Waals surface area contributed by atoms with E-state index in [0.717, 1.165) is 37.1 Å². The van der Waals surface area contributed by atoms with Crippen molar-refractivity contribution < 1.29 is 14.6 Å². The molecule has 2 aromatic carbocycles. The Morgan fingerprint density at radius 1 is 1.03 bits per heavy atom. The molecule has 0 amide bonds. The highest BCUT2D eigenvalue weighted by atomic mass is 16.5. The third-order valence-electron chi connectivity index (χ3n) is 5.59. The van der Waals surface area contributed by atoms with Gasteiger partial charge in [-0.15, -0.1) is 0 Å². The molecular weight excluding hydrogens is 374 g/mol. The van der Waals surface area contributed by atoms with Crippen LogP contribution in [0.3, 0.4) is 0 Å². The van der Waals surface area contributed by atoms with Gasteiger partial charge in [0.25, 0.3) is 0 Å². The zero-order valence-electron chi connectivity index (χ0n) is 19.1. The molecule has 0 unspecified atom stereocenters. The zero-order chi connectivity index (χ0) is 22.1. The van der Waals surface area contributed by atoms with Gasteiger partial charge in [0.1, 0.15) is 5.75 Å². The second kappa shape index (κ2) is 11.8. The molecule has 0 aliphatic rings. The number of aromatic carboxylic acids is 1. The fourth-order valence-electron chi connectivity index (χ4n) is 3.99. The minimum atomic E-state index is -0.908. The Bertz CT molecular complexity index is 778. The largest absolute Gasteiger partial charge is 0.493 e. The molecule has 2 aromatic rings. The third-order valence-corrected chi connectivity index (χ3v) is 5.59. The molecule has 0 saturated carbocycles. The summed E-state index contributed by atoms with van der Waals surface area (Å²) in [6, 6.07) is 16.5. The monoisotopic (exact) mass is 411 g/mol. The minimum Gasteiger partial charge on any atom is -0.493 e. The molecule has 0 aliphatic heterocycles. The zero-order valence-corrected chi connectivity index (χ0v) is 19.1. The predicted molar refractivity (Wildman–Crippen MR) is 124 cm³/mol. The number of carbonyl (C=O) groups is 1. The Morgan fingerprint density at radius 2 is 1.70 bits per heavy atom. The number of carboxylic acid groups (broad SMARTS) is 1. The van der Waals surface area contributed by atoms with Crippen molar-refractivity contribution in [3.8, 4) is 5.75 Å². The van der Waals surface area contributed by atoms with Gasteiger partial charge in [0.15, 0.2) is 0 Å². The summed E-state index contributed by atoms with van der Waals surface area (Å²) >= 11 is 0. The number of benzene rings is 2. The van der Waals surface area contributed by atoms with E-state index in [-0.39, 0.29) is 5.92 Å². The molecule has 0 heterocycles. The van der Waals surface area contributed by atoms with E-state index >= 15 is 0 Å². The highest BCUT2D eigenvalue weighted by Gasteiger charge is 2.23. The summed E-state index contributed by atoms with van der Waals surface area (Å²) in [5.41, 5.74) is 2.45. The number of rotatable bonds is 12. The van der Waals surface area contributed by atoms with E-state index in [2.05, 4.69) is 51.7 Å². The summed E-state index contributed by atoms with van der Waals surface area (Å²) in [5, 5.41) is 9.58. The molecule has 0 spiro atoms. The van der Waals surface area contributed by atoms with Crippen molar-refractivity contribution in [3.05, 3.63) is 65.2 Å². The van der Waals surface area contributed by atoms with Crippen LogP contribution >= 0.6 is 0 Å². The van der Waals surface area contributed by atoms with Gasteiger partial charge >= 0.3 is 5.97 Å². The third kappa shape index (κ3) is 6.60. The van der Waals surface area contributed by atoms with Crippen LogP contribution in [-0.2, 0) is 0 Å². The summed E-state index contributed by atoms with van der Waals surface area (Å²) in [7, 11) is 0. The summed E-state index contributed by atoms with van der Waals surface area (Å²) in [6.07, 6.45) is 2.93. The smallest absolute Gasteiger partial charge is 0.335 e. The maximum atomic E-state index is 11.7. The molecule has 0 saturated heterocycles. The van der Waals surface area contributed by atoms with Gasteiger partial charge in [0.2, 0.25) is 0 Å². The van der Waals surface area contributed by atoms with Gasteiger partial charge in [0.05, 0.1) is 12.2 Å². The van der Waals surface area contributed by atoms with E-state index in [9.17, 15) is 9.90 Å². The Morgan fingerprint density at radius 3 is 2.27 bits per heavy atom. The van der Waals surface area contributed by atoms with Crippen LogP contribution in [0.5, 0.6) is 5.75 Å². The van der Waals surface area contributed by atoms with Gasteiger partial charge in [-0.1, -0.05) is 43.7 Å². The lowest BCUT2D eigenvalue weighted by molar-refractivity contribution is 0.0696. The SMILES string of the molecule is CCCCOc1ccc(C(=O)O)cc1[C@H](CCN(C(C)C)C(C)C)c1ccccc1. The van der Waals surface area contributed by atoms with E-state index in [0.29, 0.717) is 24.3 Å². The molecule has 0 bridgehead atoms. The molecule has 2 rings (SSSR count). The van der Waals surface area contributed by atoms with E-state index in [1.165, 1.54) is 5.56 Å². The Hall–Kier alpha value is -2.33. The topological polar surface area (TPSA) is 49.8 Å². The molecular formula is C26H37NO3. The van der Waals surface area contributed by atoms with Crippen molar-refractivity contribution in [2.24, 2.45) is 0 Å². The van der Waals surface area contributed by atoms with E-state index in [1.54, 1.807) is 12.1 Å². The highest BCUT2D eigenvalue weighted by molar-refractivity contribution is 5.88.